The molecule has 94 valence electrons. The van der Waals surface area contributed by atoms with E-state index in [4.69, 9.17) is 4.74 Å². The summed E-state index contributed by atoms with van der Waals surface area (Å²) in [6.45, 7) is 3.33. The van der Waals surface area contributed by atoms with Crippen LogP contribution in [0.1, 0.15) is 24.3 Å². The summed E-state index contributed by atoms with van der Waals surface area (Å²) in [5.41, 5.74) is 1.14. The molecule has 4 heteroatoms. The Bertz CT molecular complexity index is 538. The van der Waals surface area contributed by atoms with Gasteiger partial charge in [0.2, 0.25) is 0 Å². The summed E-state index contributed by atoms with van der Waals surface area (Å²) >= 11 is 0. The molecule has 2 aromatic rings. The van der Waals surface area contributed by atoms with Crippen LogP contribution in [-0.2, 0) is 0 Å². The average Bonchev–Trinajstić information content (AvgIpc) is 2.34. The van der Waals surface area contributed by atoms with E-state index in [-0.39, 0.29) is 5.82 Å². The average molecular weight is 247 g/mol. The molecule has 0 saturated carbocycles. The fourth-order valence-electron chi connectivity index (χ4n) is 1.47. The highest BCUT2D eigenvalue weighted by atomic mass is 19.1. The SMILES string of the molecule is Cc1ccc(Oc2ccc(C(C)O)nc2)cc1F. The molecule has 1 atom stereocenters. The van der Waals surface area contributed by atoms with Crippen molar-refractivity contribution in [3.05, 3.63) is 53.6 Å². The van der Waals surface area contributed by atoms with Crippen LogP contribution in [0.3, 0.4) is 0 Å². The number of aromatic nitrogens is 1. The molecule has 1 aromatic heterocycles. The van der Waals surface area contributed by atoms with Crippen LogP contribution in [0.25, 0.3) is 0 Å². The largest absolute Gasteiger partial charge is 0.456 e. The molecule has 0 bridgehead atoms. The number of aryl methyl sites for hydroxylation is 1. The van der Waals surface area contributed by atoms with Gasteiger partial charge in [0, 0.05) is 6.07 Å². The lowest BCUT2D eigenvalue weighted by atomic mass is 10.2. The van der Waals surface area contributed by atoms with E-state index in [9.17, 15) is 9.50 Å². The molecule has 0 aliphatic rings. The predicted molar refractivity (Wildman–Crippen MR) is 66.1 cm³/mol. The van der Waals surface area contributed by atoms with Crippen molar-refractivity contribution < 1.29 is 14.2 Å². The number of aliphatic hydroxyl groups excluding tert-OH is 1. The third-order valence-electron chi connectivity index (χ3n) is 2.57. The minimum atomic E-state index is -0.615. The van der Waals surface area contributed by atoms with Gasteiger partial charge in [-0.25, -0.2) is 4.39 Å². The fraction of sp³-hybridized carbons (Fsp3) is 0.214. The maximum absolute atomic E-state index is 13.3. The number of benzene rings is 1. The summed E-state index contributed by atoms with van der Waals surface area (Å²) in [5.74, 6) is 0.619. The first-order chi connectivity index (χ1) is 8.56. The third-order valence-corrected chi connectivity index (χ3v) is 2.57. The van der Waals surface area contributed by atoms with Gasteiger partial charge < -0.3 is 9.84 Å². The zero-order valence-electron chi connectivity index (χ0n) is 10.2. The lowest BCUT2D eigenvalue weighted by molar-refractivity contribution is 0.194. The minimum absolute atomic E-state index is 0.305. The van der Waals surface area contributed by atoms with E-state index >= 15 is 0 Å². The maximum atomic E-state index is 13.3. The van der Waals surface area contributed by atoms with Crippen molar-refractivity contribution in [2.75, 3.05) is 0 Å². The molecule has 0 saturated heterocycles. The Morgan fingerprint density at radius 3 is 2.50 bits per heavy atom. The van der Waals surface area contributed by atoms with Crippen LogP contribution in [0.5, 0.6) is 11.5 Å². The van der Waals surface area contributed by atoms with Crippen molar-refractivity contribution in [2.24, 2.45) is 0 Å². The second-order valence-electron chi connectivity index (χ2n) is 4.11. The van der Waals surface area contributed by atoms with Crippen LogP contribution in [0.4, 0.5) is 4.39 Å². The van der Waals surface area contributed by atoms with Gasteiger partial charge in [0.1, 0.15) is 17.3 Å². The first-order valence-corrected chi connectivity index (χ1v) is 5.64. The molecule has 3 nitrogen and oxygen atoms in total. The van der Waals surface area contributed by atoms with E-state index in [1.54, 1.807) is 38.1 Å². The van der Waals surface area contributed by atoms with Gasteiger partial charge in [-0.1, -0.05) is 6.07 Å². The summed E-state index contributed by atoms with van der Waals surface area (Å²) in [6, 6.07) is 8.04. The van der Waals surface area contributed by atoms with Gasteiger partial charge in [-0.05, 0) is 37.6 Å². The fourth-order valence-corrected chi connectivity index (χ4v) is 1.47. The van der Waals surface area contributed by atoms with E-state index in [2.05, 4.69) is 4.98 Å². The van der Waals surface area contributed by atoms with Crippen LogP contribution in [-0.4, -0.2) is 10.1 Å². The van der Waals surface area contributed by atoms with Crippen LogP contribution >= 0.6 is 0 Å². The molecule has 2 rings (SSSR count). The molecular formula is C14H14FNO2. The molecule has 0 fully saturated rings. The van der Waals surface area contributed by atoms with Crippen molar-refractivity contribution in [1.29, 1.82) is 0 Å². The van der Waals surface area contributed by atoms with Crippen molar-refractivity contribution in [3.63, 3.8) is 0 Å². The molecular weight excluding hydrogens is 233 g/mol. The zero-order chi connectivity index (χ0) is 13.1. The number of ether oxygens (including phenoxy) is 1. The van der Waals surface area contributed by atoms with Gasteiger partial charge in [0.15, 0.2) is 0 Å². The van der Waals surface area contributed by atoms with Crippen LogP contribution < -0.4 is 4.74 Å². The van der Waals surface area contributed by atoms with Crippen LogP contribution in [0.2, 0.25) is 0 Å². The Balaban J connectivity index is 2.15. The summed E-state index contributed by atoms with van der Waals surface area (Å²) in [7, 11) is 0. The molecule has 0 spiro atoms. The lowest BCUT2D eigenvalue weighted by Crippen LogP contribution is -1.95. The Hall–Kier alpha value is -1.94. The second kappa shape index (κ2) is 5.14. The van der Waals surface area contributed by atoms with Crippen LogP contribution in [0.15, 0.2) is 36.5 Å². The summed E-state index contributed by atoms with van der Waals surface area (Å²) in [5, 5.41) is 9.32. The molecule has 1 heterocycles. The molecule has 0 aliphatic carbocycles. The number of nitrogens with zero attached hydrogens (tertiary/aromatic N) is 1. The standard InChI is InChI=1S/C14H14FNO2/c1-9-3-4-11(7-13(9)15)18-12-5-6-14(10(2)17)16-8-12/h3-8,10,17H,1-2H3. The van der Waals surface area contributed by atoms with Gasteiger partial charge in [-0.3, -0.25) is 4.98 Å². The van der Waals surface area contributed by atoms with Crippen molar-refractivity contribution in [3.8, 4) is 11.5 Å². The topological polar surface area (TPSA) is 42.4 Å². The maximum Gasteiger partial charge on any atom is 0.145 e. The summed E-state index contributed by atoms with van der Waals surface area (Å²) in [4.78, 5) is 4.05. The van der Waals surface area contributed by atoms with Crippen molar-refractivity contribution in [1.82, 2.24) is 4.98 Å². The monoisotopic (exact) mass is 247 g/mol. The molecule has 0 amide bonds. The molecule has 1 aromatic carbocycles. The Kier molecular flexibility index (Phi) is 3.58. The van der Waals surface area contributed by atoms with Crippen molar-refractivity contribution in [2.45, 2.75) is 20.0 Å². The number of pyridine rings is 1. The Morgan fingerprint density at radius 2 is 1.94 bits per heavy atom. The number of hydrogen-bond donors (Lipinski definition) is 1. The van der Waals surface area contributed by atoms with Gasteiger partial charge in [0.05, 0.1) is 18.0 Å². The molecule has 0 aliphatic heterocycles. The van der Waals surface area contributed by atoms with Crippen LogP contribution in [0, 0.1) is 12.7 Å². The third kappa shape index (κ3) is 2.84. The molecule has 1 unspecified atom stereocenters. The highest BCUT2D eigenvalue weighted by Crippen LogP contribution is 2.23. The first-order valence-electron chi connectivity index (χ1n) is 5.64. The predicted octanol–water partition coefficient (Wildman–Crippen LogP) is 3.37. The first kappa shape index (κ1) is 12.5. The lowest BCUT2D eigenvalue weighted by Gasteiger charge is -2.08. The summed E-state index contributed by atoms with van der Waals surface area (Å²) in [6.07, 6.45) is 0.885. The zero-order valence-corrected chi connectivity index (χ0v) is 10.2. The second-order valence-corrected chi connectivity index (χ2v) is 4.11. The number of hydrogen-bond acceptors (Lipinski definition) is 3. The molecule has 18 heavy (non-hydrogen) atoms. The van der Waals surface area contributed by atoms with E-state index in [0.717, 1.165) is 0 Å². The van der Waals surface area contributed by atoms with E-state index < -0.39 is 6.10 Å². The molecule has 0 radical (unpaired) electrons. The smallest absolute Gasteiger partial charge is 0.145 e. The Morgan fingerprint density at radius 1 is 1.22 bits per heavy atom. The number of aliphatic hydroxyl groups is 1. The minimum Gasteiger partial charge on any atom is -0.456 e. The van der Waals surface area contributed by atoms with Gasteiger partial charge >= 0.3 is 0 Å². The van der Waals surface area contributed by atoms with Gasteiger partial charge in [-0.15, -0.1) is 0 Å². The number of halogens is 1. The summed E-state index contributed by atoms with van der Waals surface area (Å²) < 4.78 is 18.8. The van der Waals surface area contributed by atoms with Gasteiger partial charge in [-0.2, -0.15) is 0 Å². The van der Waals surface area contributed by atoms with Crippen molar-refractivity contribution >= 4 is 0 Å². The number of rotatable bonds is 3. The molecule has 1 N–H and O–H groups in total. The highest BCUT2D eigenvalue weighted by Gasteiger charge is 2.04. The van der Waals surface area contributed by atoms with Gasteiger partial charge in [0.25, 0.3) is 0 Å². The van der Waals surface area contributed by atoms with E-state index in [0.29, 0.717) is 22.8 Å². The highest BCUT2D eigenvalue weighted by molar-refractivity contribution is 5.33. The van der Waals surface area contributed by atoms with E-state index in [1.807, 2.05) is 0 Å². The quantitative estimate of drug-likeness (QED) is 0.904. The Labute approximate surface area is 105 Å². The van der Waals surface area contributed by atoms with E-state index in [1.165, 1.54) is 12.3 Å². The normalized spacial score (nSPS) is 12.2.